The average Bonchev–Trinajstić information content (AvgIpc) is 3.33. The van der Waals surface area contributed by atoms with E-state index in [0.717, 1.165) is 28.1 Å². The smallest absolute Gasteiger partial charge is 0.251 e. The molecule has 2 fully saturated rings. The number of anilines is 2. The molecule has 46 heavy (non-hydrogen) atoms. The van der Waals surface area contributed by atoms with Crippen LogP contribution in [0.1, 0.15) is 23.6 Å². The van der Waals surface area contributed by atoms with Gasteiger partial charge in [0.25, 0.3) is 5.91 Å². The lowest BCUT2D eigenvalue weighted by Crippen LogP contribution is -2.57. The van der Waals surface area contributed by atoms with Gasteiger partial charge < -0.3 is 19.8 Å². The fourth-order valence-corrected chi connectivity index (χ4v) is 10.4. The third-order valence-corrected chi connectivity index (χ3v) is 12.0. The minimum Gasteiger partial charge on any atom is -0.394 e. The average molecular weight is 634 g/mol. The van der Waals surface area contributed by atoms with E-state index in [1.165, 1.54) is 0 Å². The van der Waals surface area contributed by atoms with E-state index in [-0.39, 0.29) is 24.3 Å². The molecule has 0 saturated carbocycles. The predicted octanol–water partition coefficient (Wildman–Crippen LogP) is 5.10. The van der Waals surface area contributed by atoms with Gasteiger partial charge in [0, 0.05) is 29.2 Å². The first-order chi connectivity index (χ1) is 22.2. The second-order valence-corrected chi connectivity index (χ2v) is 14.8. The minimum atomic E-state index is -1.01. The van der Waals surface area contributed by atoms with Crippen molar-refractivity contribution < 1.29 is 19.5 Å². The van der Waals surface area contributed by atoms with Crippen molar-refractivity contribution in [3.05, 3.63) is 120 Å². The number of rotatable bonds is 6. The molecule has 3 amide bonds. The summed E-state index contributed by atoms with van der Waals surface area (Å²) < 4.78 is -1.74. The van der Waals surface area contributed by atoms with Crippen LogP contribution in [-0.4, -0.2) is 69.0 Å². The zero-order valence-corrected chi connectivity index (χ0v) is 27.2. The van der Waals surface area contributed by atoms with E-state index in [2.05, 4.69) is 6.08 Å². The molecule has 4 aliphatic heterocycles. The van der Waals surface area contributed by atoms with Gasteiger partial charge in [0.15, 0.2) is 0 Å². The number of thioether (sulfide) groups is 1. The van der Waals surface area contributed by atoms with Gasteiger partial charge in [-0.2, -0.15) is 0 Å². The Kier molecular flexibility index (Phi) is 7.68. The zero-order valence-electron chi connectivity index (χ0n) is 26.4. The van der Waals surface area contributed by atoms with Crippen molar-refractivity contribution in [2.75, 3.05) is 29.5 Å². The van der Waals surface area contributed by atoms with Crippen LogP contribution >= 0.6 is 11.8 Å². The van der Waals surface area contributed by atoms with Crippen LogP contribution < -0.4 is 9.80 Å². The highest BCUT2D eigenvalue weighted by Crippen LogP contribution is 2.66. The maximum absolute atomic E-state index is 15.1. The molecule has 7 rings (SSSR count). The fraction of sp³-hybridized carbons (Fsp3) is 0.342. The van der Waals surface area contributed by atoms with Crippen molar-refractivity contribution in [3.8, 4) is 0 Å². The standard InChI is InChI=1S/C38H39N3O4S/c1-25-13-10-14-26(2)32(25)40-22-12-20-38-31(30-34(43)39(28-17-8-5-9-18-28)21-11-19-37(30,3)46-38)35(44)41(33(38)36(40)45)29(24-42)23-27-15-6-4-7-16-27/h4-20,29-31,33,42H,21-24H2,1-3H3/t29-,30+,31+,33?,37-,38+/m1/s1. The lowest BCUT2D eigenvalue weighted by molar-refractivity contribution is -0.142. The molecular weight excluding hydrogens is 595 g/mol. The molecule has 3 aromatic rings. The Labute approximate surface area is 274 Å². The lowest BCUT2D eigenvalue weighted by Gasteiger charge is -2.40. The van der Waals surface area contributed by atoms with Gasteiger partial charge >= 0.3 is 0 Å². The molecule has 236 valence electrons. The number of aliphatic hydroxyl groups excluding tert-OH is 1. The van der Waals surface area contributed by atoms with E-state index in [9.17, 15) is 9.90 Å². The number of para-hydroxylation sites is 2. The summed E-state index contributed by atoms with van der Waals surface area (Å²) in [5.41, 5.74) is 4.52. The topological polar surface area (TPSA) is 81.2 Å². The van der Waals surface area contributed by atoms with E-state index in [1.807, 2.05) is 118 Å². The van der Waals surface area contributed by atoms with Crippen LogP contribution in [0.15, 0.2) is 103 Å². The van der Waals surface area contributed by atoms with Crippen LogP contribution in [-0.2, 0) is 20.8 Å². The van der Waals surface area contributed by atoms with Gasteiger partial charge in [-0.3, -0.25) is 14.4 Å². The summed E-state index contributed by atoms with van der Waals surface area (Å²) >= 11 is 1.56. The van der Waals surface area contributed by atoms with Crippen molar-refractivity contribution in [2.24, 2.45) is 11.8 Å². The molecule has 0 aromatic heterocycles. The maximum Gasteiger partial charge on any atom is 0.251 e. The van der Waals surface area contributed by atoms with Gasteiger partial charge in [0.2, 0.25) is 11.8 Å². The molecule has 0 bridgehead atoms. The molecule has 7 nitrogen and oxygen atoms in total. The van der Waals surface area contributed by atoms with Crippen LogP contribution in [0.3, 0.4) is 0 Å². The number of benzene rings is 3. The molecule has 0 aliphatic carbocycles. The van der Waals surface area contributed by atoms with Gasteiger partial charge in [0.05, 0.1) is 29.2 Å². The fourth-order valence-electron chi connectivity index (χ4n) is 8.26. The molecule has 6 atom stereocenters. The monoisotopic (exact) mass is 633 g/mol. The molecule has 1 N–H and O–H groups in total. The van der Waals surface area contributed by atoms with Crippen molar-refractivity contribution >= 4 is 40.9 Å². The van der Waals surface area contributed by atoms with Gasteiger partial charge in [-0.05, 0) is 56.0 Å². The maximum atomic E-state index is 15.1. The molecule has 1 spiro atoms. The molecule has 1 unspecified atom stereocenters. The first kappa shape index (κ1) is 30.5. The molecule has 3 aromatic carbocycles. The highest BCUT2D eigenvalue weighted by Gasteiger charge is 2.74. The van der Waals surface area contributed by atoms with Crippen molar-refractivity contribution in [3.63, 3.8) is 0 Å². The first-order valence-corrected chi connectivity index (χ1v) is 16.8. The SMILES string of the molecule is Cc1cccc(C)c1N1CC=C[C@]23S[C@]4(C)C=CCN(c5ccccc5)C(=O)[C@@H]4[C@H]2C(=O)N([C@@H](CO)Cc2ccccc2)C3C1=O. The Morgan fingerprint density at radius 3 is 2.09 bits per heavy atom. The molecule has 0 radical (unpaired) electrons. The number of carbonyl (C=O) groups is 3. The number of hydrogen-bond acceptors (Lipinski definition) is 5. The zero-order chi connectivity index (χ0) is 32.2. The second kappa shape index (κ2) is 11.6. The molecule has 8 heteroatoms. The van der Waals surface area contributed by atoms with E-state index in [4.69, 9.17) is 0 Å². The third-order valence-electron chi connectivity index (χ3n) is 10.2. The number of aryl methyl sites for hydroxylation is 2. The molecule has 4 heterocycles. The second-order valence-electron chi connectivity index (χ2n) is 13.0. The lowest BCUT2D eigenvalue weighted by atomic mass is 9.74. The molecule has 2 saturated heterocycles. The van der Waals surface area contributed by atoms with Crippen molar-refractivity contribution in [2.45, 2.75) is 48.8 Å². The third kappa shape index (κ3) is 4.64. The van der Waals surface area contributed by atoms with Gasteiger partial charge in [-0.25, -0.2) is 0 Å². The largest absolute Gasteiger partial charge is 0.394 e. The van der Waals surface area contributed by atoms with E-state index < -0.39 is 33.4 Å². The number of aliphatic hydroxyl groups is 1. The summed E-state index contributed by atoms with van der Waals surface area (Å²) in [6.07, 6.45) is 8.53. The summed E-state index contributed by atoms with van der Waals surface area (Å²) in [6, 6.07) is 23.7. The summed E-state index contributed by atoms with van der Waals surface area (Å²) in [5.74, 6) is -2.07. The normalized spacial score (nSPS) is 29.3. The highest BCUT2D eigenvalue weighted by molar-refractivity contribution is 8.02. The number of amides is 3. The summed E-state index contributed by atoms with van der Waals surface area (Å²) in [7, 11) is 0. The van der Waals surface area contributed by atoms with Gasteiger partial charge in [0.1, 0.15) is 6.04 Å². The van der Waals surface area contributed by atoms with Gasteiger partial charge in [-0.1, -0.05) is 91.0 Å². The summed E-state index contributed by atoms with van der Waals surface area (Å²) in [5, 5.41) is 10.9. The number of hydrogen-bond donors (Lipinski definition) is 1. The molecular formula is C38H39N3O4S. The van der Waals surface area contributed by atoms with Crippen molar-refractivity contribution in [1.29, 1.82) is 0 Å². The first-order valence-electron chi connectivity index (χ1n) is 16.0. The Bertz CT molecular complexity index is 1720. The number of likely N-dealkylation sites (tertiary alicyclic amines) is 1. The van der Waals surface area contributed by atoms with Crippen molar-refractivity contribution in [1.82, 2.24) is 4.90 Å². The predicted molar refractivity (Wildman–Crippen MR) is 183 cm³/mol. The molecule has 4 aliphatic rings. The Morgan fingerprint density at radius 1 is 0.783 bits per heavy atom. The highest BCUT2D eigenvalue weighted by atomic mass is 32.2. The Balaban J connectivity index is 1.39. The van der Waals surface area contributed by atoms with E-state index in [0.29, 0.717) is 19.5 Å². The van der Waals surface area contributed by atoms with Crippen LogP contribution in [0, 0.1) is 25.7 Å². The number of fused-ring (bicyclic) bond motifs is 2. The van der Waals surface area contributed by atoms with Crippen LogP contribution in [0.4, 0.5) is 11.4 Å². The van der Waals surface area contributed by atoms with E-state index in [1.54, 1.807) is 26.5 Å². The summed E-state index contributed by atoms with van der Waals surface area (Å²) in [6.45, 7) is 6.47. The Hall–Kier alpha value is -4.14. The van der Waals surface area contributed by atoms with Gasteiger partial charge in [-0.15, -0.1) is 11.8 Å². The van der Waals surface area contributed by atoms with Crippen LogP contribution in [0.5, 0.6) is 0 Å². The summed E-state index contributed by atoms with van der Waals surface area (Å²) in [4.78, 5) is 50.1. The Morgan fingerprint density at radius 2 is 1.41 bits per heavy atom. The van der Waals surface area contributed by atoms with E-state index >= 15 is 9.59 Å². The quantitative estimate of drug-likeness (QED) is 0.382. The number of carbonyl (C=O) groups excluding carboxylic acids is 3. The van der Waals surface area contributed by atoms with Crippen LogP contribution in [0.25, 0.3) is 0 Å². The van der Waals surface area contributed by atoms with Crippen LogP contribution in [0.2, 0.25) is 0 Å². The number of nitrogens with zero attached hydrogens (tertiary/aromatic N) is 3. The minimum absolute atomic E-state index is 0.123.